The molecule has 30 heavy (non-hydrogen) atoms. The third kappa shape index (κ3) is 3.82. The van der Waals surface area contributed by atoms with Gasteiger partial charge in [-0.2, -0.15) is 0 Å². The zero-order valence-electron chi connectivity index (χ0n) is 16.5. The van der Waals surface area contributed by atoms with Crippen LogP contribution in [0.25, 0.3) is 11.2 Å². The number of rotatable bonds is 7. The predicted molar refractivity (Wildman–Crippen MR) is 110 cm³/mol. The van der Waals surface area contributed by atoms with Crippen molar-refractivity contribution in [3.8, 4) is 5.75 Å². The molecule has 3 heterocycles. The average molecular weight is 433 g/mol. The Balaban J connectivity index is 1.64. The van der Waals surface area contributed by atoms with E-state index in [0.29, 0.717) is 28.7 Å². The summed E-state index contributed by atoms with van der Waals surface area (Å²) < 4.78 is 12.4. The smallest absolute Gasteiger partial charge is 0.191 e. The summed E-state index contributed by atoms with van der Waals surface area (Å²) in [6.07, 6.45) is -0.864. The van der Waals surface area contributed by atoms with Crippen molar-refractivity contribution in [3.63, 3.8) is 0 Å². The summed E-state index contributed by atoms with van der Waals surface area (Å²) >= 11 is 1.37. The van der Waals surface area contributed by atoms with E-state index in [1.54, 1.807) is 11.7 Å². The Bertz CT molecular complexity index is 1010. The Labute approximate surface area is 176 Å². The fourth-order valence-corrected chi connectivity index (χ4v) is 3.70. The number of fused-ring (bicyclic) bond motifs is 1. The normalized spacial score (nSPS) is 23.8. The number of hydrogen-bond donors (Lipinski definition) is 4. The Morgan fingerprint density at radius 1 is 1.20 bits per heavy atom. The molecule has 1 aliphatic heterocycles. The number of anilines is 1. The minimum absolute atomic E-state index is 0.402. The van der Waals surface area contributed by atoms with E-state index in [9.17, 15) is 15.3 Å². The lowest BCUT2D eigenvalue weighted by Gasteiger charge is -2.17. The molecule has 10 nitrogen and oxygen atoms in total. The van der Waals surface area contributed by atoms with Gasteiger partial charge in [0, 0.05) is 6.54 Å². The van der Waals surface area contributed by atoms with E-state index in [0.717, 1.165) is 11.3 Å². The monoisotopic (exact) mass is 433 g/mol. The van der Waals surface area contributed by atoms with E-state index < -0.39 is 31.1 Å². The molecule has 1 saturated heterocycles. The van der Waals surface area contributed by atoms with Crippen molar-refractivity contribution < 1.29 is 24.8 Å². The summed E-state index contributed by atoms with van der Waals surface area (Å²) in [5, 5.41) is 33.6. The van der Waals surface area contributed by atoms with Gasteiger partial charge in [0.05, 0.1) is 20.0 Å². The largest absolute Gasteiger partial charge is 0.497 e. The molecule has 0 bridgehead atoms. The van der Waals surface area contributed by atoms with Crippen molar-refractivity contribution in [2.45, 2.75) is 36.2 Å². The lowest BCUT2D eigenvalue weighted by atomic mass is 10.1. The summed E-state index contributed by atoms with van der Waals surface area (Å²) in [5.74, 6) is 1.33. The summed E-state index contributed by atoms with van der Waals surface area (Å²) in [5.41, 5.74) is 2.01. The van der Waals surface area contributed by atoms with Crippen LogP contribution in [0.3, 0.4) is 0 Å². The van der Waals surface area contributed by atoms with Crippen LogP contribution in [0.2, 0.25) is 0 Å². The minimum atomic E-state index is -1.22. The zero-order chi connectivity index (χ0) is 21.3. The van der Waals surface area contributed by atoms with Crippen LogP contribution in [0.4, 0.5) is 5.82 Å². The highest BCUT2D eigenvalue weighted by molar-refractivity contribution is 7.98. The molecular weight excluding hydrogens is 410 g/mol. The third-order valence-electron chi connectivity index (χ3n) is 4.99. The Kier molecular flexibility index (Phi) is 6.06. The Hall–Kier alpha value is -2.44. The number of thioether (sulfide) groups is 1. The second-order valence-corrected chi connectivity index (χ2v) is 7.59. The van der Waals surface area contributed by atoms with Crippen LogP contribution < -0.4 is 10.1 Å². The third-order valence-corrected chi connectivity index (χ3v) is 5.54. The zero-order valence-corrected chi connectivity index (χ0v) is 17.3. The maximum atomic E-state index is 10.4. The first-order valence-corrected chi connectivity index (χ1v) is 10.6. The molecule has 0 aliphatic carbocycles. The van der Waals surface area contributed by atoms with Crippen LogP contribution >= 0.6 is 11.8 Å². The van der Waals surface area contributed by atoms with E-state index in [2.05, 4.69) is 20.3 Å². The van der Waals surface area contributed by atoms with Crippen molar-refractivity contribution >= 4 is 28.7 Å². The van der Waals surface area contributed by atoms with Crippen LogP contribution in [0.5, 0.6) is 5.75 Å². The number of ether oxygens (including phenoxy) is 2. The van der Waals surface area contributed by atoms with Crippen molar-refractivity contribution in [1.29, 1.82) is 0 Å². The van der Waals surface area contributed by atoms with Crippen molar-refractivity contribution in [3.05, 3.63) is 36.2 Å². The molecule has 4 atom stereocenters. The molecule has 0 amide bonds. The van der Waals surface area contributed by atoms with Gasteiger partial charge in [-0.3, -0.25) is 4.57 Å². The first-order chi connectivity index (χ1) is 14.5. The Morgan fingerprint density at radius 2 is 1.97 bits per heavy atom. The molecule has 4 rings (SSSR count). The van der Waals surface area contributed by atoms with Gasteiger partial charge in [0.1, 0.15) is 24.1 Å². The van der Waals surface area contributed by atoms with Gasteiger partial charge >= 0.3 is 0 Å². The Morgan fingerprint density at radius 3 is 2.60 bits per heavy atom. The molecule has 0 unspecified atom stereocenters. The SMILES string of the molecule is COc1ccc(CNc2nc(SC)nc3c2ncn3[C@@H]2O[C@H](CO)[C@@H](O)[C@H]2O)cc1. The molecule has 4 N–H and O–H groups in total. The topological polar surface area (TPSA) is 135 Å². The van der Waals surface area contributed by atoms with Crippen LogP contribution in [-0.2, 0) is 11.3 Å². The first kappa shape index (κ1) is 20.8. The highest BCUT2D eigenvalue weighted by atomic mass is 32.2. The van der Waals surface area contributed by atoms with Crippen molar-refractivity contribution in [2.75, 3.05) is 25.3 Å². The summed E-state index contributed by atoms with van der Waals surface area (Å²) in [6.45, 7) is 0.117. The highest BCUT2D eigenvalue weighted by Crippen LogP contribution is 2.33. The van der Waals surface area contributed by atoms with Crippen LogP contribution in [-0.4, -0.2) is 73.1 Å². The standard InChI is InChI=1S/C19H23N5O5S/c1-28-11-5-3-10(4-6-11)7-20-16-13-17(23-19(22-16)30-2)24(9-21-13)18-15(27)14(26)12(8-25)29-18/h3-6,9,12,14-15,18,25-27H,7-8H2,1-2H3,(H,20,22,23)/t12-,14-,15-,18-/m1/s1. The predicted octanol–water partition coefficient (Wildman–Crippen LogP) is 0.780. The molecule has 1 fully saturated rings. The van der Waals surface area contributed by atoms with E-state index in [1.807, 2.05) is 30.5 Å². The van der Waals surface area contributed by atoms with Gasteiger partial charge in [0.2, 0.25) is 0 Å². The number of aromatic nitrogens is 4. The average Bonchev–Trinajstić information content (AvgIpc) is 3.33. The van der Waals surface area contributed by atoms with Gasteiger partial charge in [-0.1, -0.05) is 23.9 Å². The van der Waals surface area contributed by atoms with E-state index in [-0.39, 0.29) is 0 Å². The van der Waals surface area contributed by atoms with Gasteiger partial charge in [0.25, 0.3) is 0 Å². The fourth-order valence-electron chi connectivity index (χ4n) is 3.34. The minimum Gasteiger partial charge on any atom is -0.497 e. The van der Waals surface area contributed by atoms with Gasteiger partial charge in [-0.05, 0) is 24.0 Å². The number of nitrogens with zero attached hydrogens (tertiary/aromatic N) is 4. The molecular formula is C19H23N5O5S. The molecule has 11 heteroatoms. The molecule has 0 saturated carbocycles. The number of hydrogen-bond acceptors (Lipinski definition) is 10. The molecule has 0 spiro atoms. The first-order valence-electron chi connectivity index (χ1n) is 9.33. The fraction of sp³-hybridized carbons (Fsp3) is 0.421. The van der Waals surface area contributed by atoms with Crippen LogP contribution in [0.15, 0.2) is 35.7 Å². The maximum Gasteiger partial charge on any atom is 0.191 e. The van der Waals surface area contributed by atoms with Crippen molar-refractivity contribution in [1.82, 2.24) is 19.5 Å². The molecule has 2 aromatic heterocycles. The number of benzene rings is 1. The number of aliphatic hydroxyl groups is 3. The van der Waals surface area contributed by atoms with Gasteiger partial charge in [-0.25, -0.2) is 15.0 Å². The van der Waals surface area contributed by atoms with E-state index in [1.165, 1.54) is 18.1 Å². The van der Waals surface area contributed by atoms with Crippen LogP contribution in [0, 0.1) is 0 Å². The number of imidazole rings is 1. The molecule has 0 radical (unpaired) electrons. The molecule has 3 aromatic rings. The van der Waals surface area contributed by atoms with Gasteiger partial charge < -0.3 is 30.1 Å². The number of methoxy groups -OCH3 is 1. The molecule has 160 valence electrons. The summed E-state index contributed by atoms with van der Waals surface area (Å²) in [4.78, 5) is 13.4. The summed E-state index contributed by atoms with van der Waals surface area (Å²) in [6, 6.07) is 7.68. The van der Waals surface area contributed by atoms with E-state index in [4.69, 9.17) is 9.47 Å². The lowest BCUT2D eigenvalue weighted by molar-refractivity contribution is -0.0511. The van der Waals surface area contributed by atoms with Crippen LogP contribution in [0.1, 0.15) is 11.8 Å². The van der Waals surface area contributed by atoms with Crippen molar-refractivity contribution in [2.24, 2.45) is 0 Å². The van der Waals surface area contributed by atoms with Gasteiger partial charge in [-0.15, -0.1) is 0 Å². The molecule has 1 aromatic carbocycles. The quantitative estimate of drug-likeness (QED) is 0.313. The highest BCUT2D eigenvalue weighted by Gasteiger charge is 2.44. The number of nitrogens with one attached hydrogen (secondary N) is 1. The van der Waals surface area contributed by atoms with Gasteiger partial charge in [0.15, 0.2) is 28.4 Å². The maximum absolute atomic E-state index is 10.4. The lowest BCUT2D eigenvalue weighted by Crippen LogP contribution is -2.33. The number of aliphatic hydroxyl groups excluding tert-OH is 3. The second-order valence-electron chi connectivity index (χ2n) is 6.81. The van der Waals surface area contributed by atoms with E-state index >= 15 is 0 Å². The summed E-state index contributed by atoms with van der Waals surface area (Å²) in [7, 11) is 1.62. The second kappa shape index (κ2) is 8.74. The molecule has 1 aliphatic rings.